The second-order valence-corrected chi connectivity index (χ2v) is 5.45. The Labute approximate surface area is 143 Å². The number of anilines is 1. The van der Waals surface area contributed by atoms with Crippen molar-refractivity contribution in [3.05, 3.63) is 29.5 Å². The third-order valence-electron chi connectivity index (χ3n) is 3.20. The molecule has 0 saturated carbocycles. The van der Waals surface area contributed by atoms with Gasteiger partial charge in [0.2, 0.25) is 0 Å². The van der Waals surface area contributed by atoms with Crippen LogP contribution < -0.4 is 10.1 Å². The number of benzene rings is 1. The van der Waals surface area contributed by atoms with Gasteiger partial charge in [-0.2, -0.15) is 0 Å². The topological polar surface area (TPSA) is 120 Å². The lowest BCUT2D eigenvalue weighted by atomic mass is 10.1. The highest BCUT2D eigenvalue weighted by atomic mass is 16.7. The average Bonchev–Trinajstić information content (AvgIpc) is 2.53. The lowest BCUT2D eigenvalue weighted by Gasteiger charge is -2.29. The second-order valence-electron chi connectivity index (χ2n) is 5.45. The van der Waals surface area contributed by atoms with Crippen molar-refractivity contribution in [2.75, 3.05) is 19.5 Å². The highest BCUT2D eigenvalue weighted by molar-refractivity contribution is 6.15. The van der Waals surface area contributed by atoms with Crippen LogP contribution in [-0.2, 0) is 23.8 Å². The first-order chi connectivity index (χ1) is 11.7. The third kappa shape index (κ3) is 3.82. The molecule has 0 atom stereocenters. The van der Waals surface area contributed by atoms with Crippen molar-refractivity contribution in [1.82, 2.24) is 0 Å². The number of methoxy groups -OCH3 is 2. The molecule has 1 saturated heterocycles. The number of ether oxygens (including phenoxy) is 4. The number of hydrogen-bond acceptors (Lipinski definition) is 9. The Morgan fingerprint density at radius 3 is 2.32 bits per heavy atom. The van der Waals surface area contributed by atoms with E-state index in [1.165, 1.54) is 40.2 Å². The van der Waals surface area contributed by atoms with Crippen molar-refractivity contribution in [3.8, 4) is 11.5 Å². The molecule has 0 radical (unpaired) electrons. The van der Waals surface area contributed by atoms with E-state index in [0.717, 1.165) is 6.20 Å². The Hall–Kier alpha value is -3.23. The molecule has 2 N–H and O–H groups in total. The van der Waals surface area contributed by atoms with Gasteiger partial charge in [-0.3, -0.25) is 0 Å². The van der Waals surface area contributed by atoms with Crippen LogP contribution >= 0.6 is 0 Å². The fourth-order valence-corrected chi connectivity index (χ4v) is 2.04. The van der Waals surface area contributed by atoms with E-state index in [-0.39, 0.29) is 22.7 Å². The quantitative estimate of drug-likeness (QED) is 0.358. The van der Waals surface area contributed by atoms with Crippen LogP contribution in [0.15, 0.2) is 23.9 Å². The van der Waals surface area contributed by atoms with Crippen LogP contribution in [0.2, 0.25) is 0 Å². The molecule has 0 amide bonds. The van der Waals surface area contributed by atoms with E-state index in [2.05, 4.69) is 10.1 Å². The zero-order valence-electron chi connectivity index (χ0n) is 14.0. The predicted octanol–water partition coefficient (Wildman–Crippen LogP) is 1.32. The van der Waals surface area contributed by atoms with Gasteiger partial charge in [-0.1, -0.05) is 0 Å². The molecule has 1 aromatic carbocycles. The summed E-state index contributed by atoms with van der Waals surface area (Å²) in [6, 6.07) is 2.55. The standard InChI is InChI=1S/C16H17NO8/c1-16(2)24-14(20)9(15(21)25-16)7-17-10-5-8(13(19)23-4)6-11(22-3)12(10)18/h5-7,17-18H,1-4H3. The zero-order valence-corrected chi connectivity index (χ0v) is 14.0. The van der Waals surface area contributed by atoms with Gasteiger partial charge in [0.15, 0.2) is 17.1 Å². The van der Waals surface area contributed by atoms with Crippen LogP contribution in [0.3, 0.4) is 0 Å². The molecule has 0 unspecified atom stereocenters. The highest BCUT2D eigenvalue weighted by Crippen LogP contribution is 2.36. The van der Waals surface area contributed by atoms with E-state index in [1.807, 2.05) is 0 Å². The smallest absolute Gasteiger partial charge is 0.350 e. The minimum absolute atomic E-state index is 0.00118. The zero-order chi connectivity index (χ0) is 18.8. The fraction of sp³-hybridized carbons (Fsp3) is 0.312. The molecule has 0 bridgehead atoms. The van der Waals surface area contributed by atoms with Gasteiger partial charge in [-0.25, -0.2) is 14.4 Å². The summed E-state index contributed by atoms with van der Waals surface area (Å²) in [6.07, 6.45) is 1.01. The highest BCUT2D eigenvalue weighted by Gasteiger charge is 2.39. The maximum absolute atomic E-state index is 11.9. The van der Waals surface area contributed by atoms with E-state index in [4.69, 9.17) is 14.2 Å². The largest absolute Gasteiger partial charge is 0.503 e. The molecule has 1 aromatic rings. The molecule has 0 spiro atoms. The van der Waals surface area contributed by atoms with Gasteiger partial charge in [0, 0.05) is 20.0 Å². The number of phenols is 1. The van der Waals surface area contributed by atoms with Gasteiger partial charge < -0.3 is 29.4 Å². The van der Waals surface area contributed by atoms with Crippen molar-refractivity contribution in [2.24, 2.45) is 0 Å². The first-order valence-corrected chi connectivity index (χ1v) is 7.11. The molecule has 1 aliphatic rings. The number of aromatic hydroxyl groups is 1. The van der Waals surface area contributed by atoms with Crippen molar-refractivity contribution >= 4 is 23.6 Å². The summed E-state index contributed by atoms with van der Waals surface area (Å²) < 4.78 is 19.5. The summed E-state index contributed by atoms with van der Waals surface area (Å²) in [5.74, 6) is -4.12. The van der Waals surface area contributed by atoms with Gasteiger partial charge in [0.1, 0.15) is 0 Å². The van der Waals surface area contributed by atoms with Gasteiger partial charge in [-0.15, -0.1) is 0 Å². The average molecular weight is 351 g/mol. The summed E-state index contributed by atoms with van der Waals surface area (Å²) in [4.78, 5) is 35.4. The van der Waals surface area contributed by atoms with E-state index >= 15 is 0 Å². The molecule has 2 rings (SSSR count). The summed E-state index contributed by atoms with van der Waals surface area (Å²) >= 11 is 0. The number of hydrogen-bond donors (Lipinski definition) is 2. The van der Waals surface area contributed by atoms with Gasteiger partial charge in [-0.05, 0) is 12.1 Å². The van der Waals surface area contributed by atoms with Crippen LogP contribution in [0, 0.1) is 0 Å². The minimum Gasteiger partial charge on any atom is -0.503 e. The first kappa shape index (κ1) is 18.1. The number of nitrogens with one attached hydrogen (secondary N) is 1. The summed E-state index contributed by atoms with van der Waals surface area (Å²) in [6.45, 7) is 2.84. The molecule has 1 fully saturated rings. The third-order valence-corrected chi connectivity index (χ3v) is 3.20. The lowest BCUT2D eigenvalue weighted by molar-refractivity contribution is -0.222. The maximum atomic E-state index is 11.9. The molecule has 0 aliphatic carbocycles. The summed E-state index contributed by atoms with van der Waals surface area (Å²) in [5, 5.41) is 12.7. The van der Waals surface area contributed by atoms with E-state index in [1.54, 1.807) is 0 Å². The van der Waals surface area contributed by atoms with Gasteiger partial charge in [0.25, 0.3) is 5.79 Å². The van der Waals surface area contributed by atoms with Crippen molar-refractivity contribution in [1.29, 1.82) is 0 Å². The molecule has 1 aliphatic heterocycles. The molecule has 25 heavy (non-hydrogen) atoms. The van der Waals surface area contributed by atoms with Crippen LogP contribution in [-0.4, -0.2) is 43.0 Å². The van der Waals surface area contributed by atoms with E-state index in [9.17, 15) is 19.5 Å². The number of carbonyl (C=O) groups is 3. The van der Waals surface area contributed by atoms with Gasteiger partial charge in [0.05, 0.1) is 25.5 Å². The first-order valence-electron chi connectivity index (χ1n) is 7.11. The molecular formula is C16H17NO8. The van der Waals surface area contributed by atoms with Crippen LogP contribution in [0.4, 0.5) is 5.69 Å². The van der Waals surface area contributed by atoms with E-state index < -0.39 is 29.3 Å². The van der Waals surface area contributed by atoms with Crippen LogP contribution in [0.1, 0.15) is 24.2 Å². The monoisotopic (exact) mass is 351 g/mol. The number of rotatable bonds is 4. The fourth-order valence-electron chi connectivity index (χ4n) is 2.04. The summed E-state index contributed by atoms with van der Waals surface area (Å²) in [5.41, 5.74) is -0.299. The normalized spacial score (nSPS) is 15.8. The molecular weight excluding hydrogens is 334 g/mol. The van der Waals surface area contributed by atoms with Crippen molar-refractivity contribution < 1.29 is 38.4 Å². The molecule has 1 heterocycles. The Morgan fingerprint density at radius 1 is 1.20 bits per heavy atom. The Morgan fingerprint density at radius 2 is 1.80 bits per heavy atom. The lowest BCUT2D eigenvalue weighted by Crippen LogP contribution is -2.42. The van der Waals surface area contributed by atoms with Gasteiger partial charge >= 0.3 is 17.9 Å². The molecule has 9 nitrogen and oxygen atoms in total. The predicted molar refractivity (Wildman–Crippen MR) is 84.0 cm³/mol. The number of phenolic OH excluding ortho intramolecular Hbond substituents is 1. The molecule has 9 heteroatoms. The van der Waals surface area contributed by atoms with Crippen molar-refractivity contribution in [2.45, 2.75) is 19.6 Å². The van der Waals surface area contributed by atoms with E-state index in [0.29, 0.717) is 0 Å². The Kier molecular flexibility index (Phi) is 4.87. The number of esters is 3. The number of cyclic esters (lactones) is 2. The molecule has 134 valence electrons. The Bertz CT molecular complexity index is 744. The molecule has 0 aromatic heterocycles. The maximum Gasteiger partial charge on any atom is 0.350 e. The summed E-state index contributed by atoms with van der Waals surface area (Å²) in [7, 11) is 2.50. The second kappa shape index (κ2) is 6.71. The minimum atomic E-state index is -1.36. The Balaban J connectivity index is 2.35. The van der Waals surface area contributed by atoms with Crippen molar-refractivity contribution in [3.63, 3.8) is 0 Å². The SMILES string of the molecule is COC(=O)c1cc(NC=C2C(=O)OC(C)(C)OC2=O)c(O)c(OC)c1. The number of carbonyl (C=O) groups excluding carboxylic acids is 3. The van der Waals surface area contributed by atoms with Crippen LogP contribution in [0.5, 0.6) is 11.5 Å². The van der Waals surface area contributed by atoms with Crippen LogP contribution in [0.25, 0.3) is 0 Å².